The number of esters is 1. The molecule has 1 fully saturated rings. The van der Waals surface area contributed by atoms with Gasteiger partial charge in [0.2, 0.25) is 0 Å². The van der Waals surface area contributed by atoms with Crippen LogP contribution in [0.5, 0.6) is 0 Å². The van der Waals surface area contributed by atoms with Crippen molar-refractivity contribution >= 4 is 23.6 Å². The normalized spacial score (nSPS) is 16.4. The Bertz CT molecular complexity index is 472. The number of rotatable bonds is 6. The standard InChI is InChI=1S/C16H21NO3S/c1-12(16(19)17-13-7-5-6-8-13)20-15(18)11-21-14-9-3-2-4-10-14/h2-4,9-10,12-13H,5-8,11H2,1H3,(H,17,19)/t12-/m0/s1. The fourth-order valence-corrected chi connectivity index (χ4v) is 3.03. The van der Waals surface area contributed by atoms with Crippen LogP contribution in [0.25, 0.3) is 0 Å². The van der Waals surface area contributed by atoms with Gasteiger partial charge < -0.3 is 10.1 Å². The molecule has 1 N–H and O–H groups in total. The third kappa shape index (κ3) is 5.42. The number of thioether (sulfide) groups is 1. The van der Waals surface area contributed by atoms with Crippen molar-refractivity contribution in [1.82, 2.24) is 5.32 Å². The van der Waals surface area contributed by atoms with Crippen LogP contribution in [-0.2, 0) is 14.3 Å². The highest BCUT2D eigenvalue weighted by Gasteiger charge is 2.22. The second-order valence-corrected chi connectivity index (χ2v) is 6.27. The molecular formula is C16H21NO3S. The first-order chi connectivity index (χ1) is 10.1. The number of ether oxygens (including phenoxy) is 1. The van der Waals surface area contributed by atoms with E-state index in [4.69, 9.17) is 4.74 Å². The lowest BCUT2D eigenvalue weighted by Gasteiger charge is -2.17. The lowest BCUT2D eigenvalue weighted by Crippen LogP contribution is -2.41. The summed E-state index contributed by atoms with van der Waals surface area (Å²) in [5.74, 6) is -0.344. The van der Waals surface area contributed by atoms with E-state index >= 15 is 0 Å². The summed E-state index contributed by atoms with van der Waals surface area (Å²) in [5, 5.41) is 2.93. The van der Waals surface area contributed by atoms with Crippen LogP contribution < -0.4 is 5.32 Å². The maximum Gasteiger partial charge on any atom is 0.317 e. The second kappa shape index (κ2) is 8.08. The molecule has 1 saturated carbocycles. The van der Waals surface area contributed by atoms with Gasteiger partial charge >= 0.3 is 5.97 Å². The highest BCUT2D eigenvalue weighted by molar-refractivity contribution is 8.00. The highest BCUT2D eigenvalue weighted by atomic mass is 32.2. The first kappa shape index (κ1) is 15.9. The number of amides is 1. The van der Waals surface area contributed by atoms with Gasteiger partial charge in [0, 0.05) is 10.9 Å². The van der Waals surface area contributed by atoms with Crippen LogP contribution in [0.2, 0.25) is 0 Å². The number of benzene rings is 1. The molecule has 21 heavy (non-hydrogen) atoms. The van der Waals surface area contributed by atoms with Gasteiger partial charge in [0.1, 0.15) is 0 Å². The molecule has 5 heteroatoms. The number of carbonyl (C=O) groups is 2. The average molecular weight is 307 g/mol. The molecule has 1 aromatic carbocycles. The SMILES string of the molecule is C[C@H](OC(=O)CSc1ccccc1)C(=O)NC1CCCC1. The zero-order valence-corrected chi connectivity index (χ0v) is 13.0. The maximum absolute atomic E-state index is 11.9. The summed E-state index contributed by atoms with van der Waals surface area (Å²) in [6.45, 7) is 1.62. The van der Waals surface area contributed by atoms with Crippen molar-refractivity contribution in [2.24, 2.45) is 0 Å². The first-order valence-corrected chi connectivity index (χ1v) is 8.31. The molecule has 0 unspecified atom stereocenters. The largest absolute Gasteiger partial charge is 0.452 e. The van der Waals surface area contributed by atoms with Crippen molar-refractivity contribution in [2.75, 3.05) is 5.75 Å². The smallest absolute Gasteiger partial charge is 0.317 e. The Morgan fingerprint density at radius 3 is 2.62 bits per heavy atom. The second-order valence-electron chi connectivity index (χ2n) is 5.22. The minimum absolute atomic E-state index is 0.194. The fraction of sp³-hybridized carbons (Fsp3) is 0.500. The maximum atomic E-state index is 11.9. The Morgan fingerprint density at radius 2 is 1.95 bits per heavy atom. The molecule has 2 rings (SSSR count). The van der Waals surface area contributed by atoms with E-state index in [0.29, 0.717) is 0 Å². The molecular weight excluding hydrogens is 286 g/mol. The van der Waals surface area contributed by atoms with E-state index in [1.54, 1.807) is 6.92 Å². The molecule has 1 amide bonds. The molecule has 0 radical (unpaired) electrons. The summed E-state index contributed by atoms with van der Waals surface area (Å²) in [6.07, 6.45) is 3.64. The Morgan fingerprint density at radius 1 is 1.29 bits per heavy atom. The Kier molecular flexibility index (Phi) is 6.11. The van der Waals surface area contributed by atoms with Crippen LogP contribution in [0.15, 0.2) is 35.2 Å². The molecule has 4 nitrogen and oxygen atoms in total. The van der Waals surface area contributed by atoms with E-state index in [-0.39, 0.29) is 23.7 Å². The van der Waals surface area contributed by atoms with Gasteiger partial charge in [0.05, 0.1) is 5.75 Å². The molecule has 0 bridgehead atoms. The first-order valence-electron chi connectivity index (χ1n) is 7.33. The van der Waals surface area contributed by atoms with E-state index in [0.717, 1.165) is 30.6 Å². The summed E-state index contributed by atoms with van der Waals surface area (Å²) in [5.41, 5.74) is 0. The van der Waals surface area contributed by atoms with Gasteiger partial charge in [-0.3, -0.25) is 9.59 Å². The van der Waals surface area contributed by atoms with Gasteiger partial charge in [0.15, 0.2) is 6.10 Å². The van der Waals surface area contributed by atoms with E-state index < -0.39 is 6.10 Å². The molecule has 1 atom stereocenters. The Balaban J connectivity index is 1.69. The summed E-state index contributed by atoms with van der Waals surface area (Å²) in [7, 11) is 0. The van der Waals surface area contributed by atoms with E-state index in [1.165, 1.54) is 11.8 Å². The summed E-state index contributed by atoms with van der Waals surface area (Å²) < 4.78 is 5.17. The van der Waals surface area contributed by atoms with Crippen molar-refractivity contribution in [3.63, 3.8) is 0 Å². The lowest BCUT2D eigenvalue weighted by molar-refractivity contribution is -0.152. The monoisotopic (exact) mass is 307 g/mol. The zero-order chi connectivity index (χ0) is 15.1. The van der Waals surface area contributed by atoms with Gasteiger partial charge in [-0.1, -0.05) is 31.0 Å². The van der Waals surface area contributed by atoms with Gasteiger partial charge in [-0.2, -0.15) is 0 Å². The predicted octanol–water partition coefficient (Wildman–Crippen LogP) is 2.77. The molecule has 0 aliphatic heterocycles. The molecule has 1 aromatic rings. The highest BCUT2D eigenvalue weighted by Crippen LogP contribution is 2.18. The van der Waals surface area contributed by atoms with E-state index in [9.17, 15) is 9.59 Å². The predicted molar refractivity (Wildman–Crippen MR) is 83.1 cm³/mol. The quantitative estimate of drug-likeness (QED) is 0.648. The minimum Gasteiger partial charge on any atom is -0.452 e. The molecule has 0 spiro atoms. The van der Waals surface area contributed by atoms with Crippen molar-refractivity contribution < 1.29 is 14.3 Å². The molecule has 0 saturated heterocycles. The molecule has 1 aliphatic carbocycles. The summed E-state index contributed by atoms with van der Waals surface area (Å²) in [4.78, 5) is 24.7. The van der Waals surface area contributed by atoms with Crippen LogP contribution in [-0.4, -0.2) is 29.8 Å². The fourth-order valence-electron chi connectivity index (χ4n) is 2.33. The van der Waals surface area contributed by atoms with Crippen LogP contribution in [0, 0.1) is 0 Å². The molecule has 1 aliphatic rings. The van der Waals surface area contributed by atoms with Crippen molar-refractivity contribution in [3.8, 4) is 0 Å². The molecule has 0 aromatic heterocycles. The number of carbonyl (C=O) groups excluding carboxylic acids is 2. The molecule has 114 valence electrons. The van der Waals surface area contributed by atoms with Crippen LogP contribution in [0.4, 0.5) is 0 Å². The summed E-state index contributed by atoms with van der Waals surface area (Å²) >= 11 is 1.41. The third-order valence-corrected chi connectivity index (χ3v) is 4.46. The summed E-state index contributed by atoms with van der Waals surface area (Å²) in [6, 6.07) is 9.90. The Hall–Kier alpha value is -1.49. The van der Waals surface area contributed by atoms with Crippen LogP contribution in [0.3, 0.4) is 0 Å². The van der Waals surface area contributed by atoms with Crippen molar-refractivity contribution in [3.05, 3.63) is 30.3 Å². The minimum atomic E-state index is -0.727. The van der Waals surface area contributed by atoms with E-state index in [2.05, 4.69) is 5.32 Å². The lowest BCUT2D eigenvalue weighted by atomic mass is 10.2. The topological polar surface area (TPSA) is 55.4 Å². The van der Waals surface area contributed by atoms with Crippen molar-refractivity contribution in [1.29, 1.82) is 0 Å². The van der Waals surface area contributed by atoms with Gasteiger partial charge in [-0.15, -0.1) is 11.8 Å². The number of hydrogen-bond donors (Lipinski definition) is 1. The Labute approximate surface area is 129 Å². The van der Waals surface area contributed by atoms with Gasteiger partial charge in [-0.25, -0.2) is 0 Å². The van der Waals surface area contributed by atoms with Gasteiger partial charge in [-0.05, 0) is 31.9 Å². The number of hydrogen-bond acceptors (Lipinski definition) is 4. The van der Waals surface area contributed by atoms with Crippen LogP contribution >= 0.6 is 11.8 Å². The third-order valence-electron chi connectivity index (χ3n) is 3.48. The van der Waals surface area contributed by atoms with Crippen molar-refractivity contribution in [2.45, 2.75) is 49.6 Å². The number of nitrogens with one attached hydrogen (secondary N) is 1. The van der Waals surface area contributed by atoms with E-state index in [1.807, 2.05) is 30.3 Å². The average Bonchev–Trinajstić information content (AvgIpc) is 2.99. The zero-order valence-electron chi connectivity index (χ0n) is 12.2. The van der Waals surface area contributed by atoms with Gasteiger partial charge in [0.25, 0.3) is 5.91 Å². The van der Waals surface area contributed by atoms with Crippen LogP contribution in [0.1, 0.15) is 32.6 Å². The molecule has 0 heterocycles.